The van der Waals surface area contributed by atoms with E-state index in [0.29, 0.717) is 24.2 Å². The van der Waals surface area contributed by atoms with E-state index >= 15 is 0 Å². The summed E-state index contributed by atoms with van der Waals surface area (Å²) in [6, 6.07) is 14.2. The minimum Gasteiger partial charge on any atom is -0.290 e. The summed E-state index contributed by atoms with van der Waals surface area (Å²) in [6.07, 6.45) is 1.96. The molecule has 0 saturated heterocycles. The normalized spacial score (nSPS) is 14.2. The predicted octanol–water partition coefficient (Wildman–Crippen LogP) is 2.76. The van der Waals surface area contributed by atoms with Crippen LogP contribution in [-0.2, 0) is 28.7 Å². The Balaban J connectivity index is 1.45. The van der Waals surface area contributed by atoms with Crippen LogP contribution >= 0.6 is 0 Å². The number of rotatable bonds is 5. The fraction of sp³-hybridized carbons (Fsp3) is 0.190. The van der Waals surface area contributed by atoms with Crippen molar-refractivity contribution >= 4 is 21.9 Å². The number of benzene rings is 2. The van der Waals surface area contributed by atoms with E-state index in [2.05, 4.69) is 15.3 Å². The molecule has 1 N–H and O–H groups in total. The first-order valence-electron chi connectivity index (χ1n) is 9.34. The van der Waals surface area contributed by atoms with Crippen molar-refractivity contribution in [1.29, 1.82) is 0 Å². The molecule has 1 amide bonds. The van der Waals surface area contributed by atoms with Crippen molar-refractivity contribution in [1.82, 2.24) is 14.3 Å². The number of anilines is 1. The Kier molecular flexibility index (Phi) is 5.56. The Bertz CT molecular complexity index is 1170. The van der Waals surface area contributed by atoms with Crippen LogP contribution in [0.3, 0.4) is 0 Å². The van der Waals surface area contributed by atoms with Gasteiger partial charge in [-0.1, -0.05) is 30.3 Å². The number of fused-ring (bicyclic) bond motifs is 1. The summed E-state index contributed by atoms with van der Waals surface area (Å²) >= 11 is 0. The van der Waals surface area contributed by atoms with Crippen LogP contribution in [0.15, 0.2) is 60.8 Å². The van der Waals surface area contributed by atoms with Crippen molar-refractivity contribution in [2.75, 3.05) is 11.9 Å². The molecule has 7 nitrogen and oxygen atoms in total. The predicted molar refractivity (Wildman–Crippen MR) is 110 cm³/mol. The first-order chi connectivity index (χ1) is 14.4. The number of nitrogens with one attached hydrogen (secondary N) is 1. The molecular formula is C21H19FN4O3S. The van der Waals surface area contributed by atoms with Gasteiger partial charge in [-0.05, 0) is 29.8 Å². The smallest absolute Gasteiger partial charge is 0.258 e. The van der Waals surface area contributed by atoms with Gasteiger partial charge in [-0.2, -0.15) is 4.31 Å². The van der Waals surface area contributed by atoms with E-state index in [0.717, 1.165) is 5.56 Å². The second-order valence-corrected chi connectivity index (χ2v) is 8.92. The maximum Gasteiger partial charge on any atom is 0.258 e. The van der Waals surface area contributed by atoms with E-state index in [-0.39, 0.29) is 23.8 Å². The summed E-state index contributed by atoms with van der Waals surface area (Å²) in [5.41, 5.74) is 2.43. The Morgan fingerprint density at radius 2 is 1.83 bits per heavy atom. The molecule has 0 aliphatic carbocycles. The molecule has 0 atom stereocenters. The topological polar surface area (TPSA) is 92.3 Å². The third-order valence-electron chi connectivity index (χ3n) is 4.82. The SMILES string of the molecule is O=C(Nc1ncc2c(n1)CCN(S(=O)(=O)Cc1ccccc1)C2)c1ccc(F)cc1. The van der Waals surface area contributed by atoms with Crippen molar-refractivity contribution in [3.05, 3.63) is 89.0 Å². The van der Waals surface area contributed by atoms with Crippen LogP contribution in [0.4, 0.5) is 10.3 Å². The number of sulfonamides is 1. The van der Waals surface area contributed by atoms with Crippen molar-refractivity contribution in [2.45, 2.75) is 18.7 Å². The number of nitrogens with zero attached hydrogens (tertiary/aromatic N) is 3. The molecule has 0 saturated carbocycles. The van der Waals surface area contributed by atoms with Crippen LogP contribution in [0, 0.1) is 5.82 Å². The standard InChI is InChI=1S/C21H19FN4O3S/c22-18-8-6-16(7-9-18)20(27)25-21-23-12-17-13-26(11-10-19(17)24-21)30(28,29)14-15-4-2-1-3-5-15/h1-9,12H,10-11,13-14H2,(H,23,24,25,27). The van der Waals surface area contributed by atoms with E-state index in [1.54, 1.807) is 12.1 Å². The Hall–Kier alpha value is -3.17. The molecule has 30 heavy (non-hydrogen) atoms. The Morgan fingerprint density at radius 1 is 1.10 bits per heavy atom. The summed E-state index contributed by atoms with van der Waals surface area (Å²) < 4.78 is 40.0. The molecule has 9 heteroatoms. The highest BCUT2D eigenvalue weighted by molar-refractivity contribution is 7.88. The monoisotopic (exact) mass is 426 g/mol. The van der Waals surface area contributed by atoms with Gasteiger partial charge in [-0.3, -0.25) is 10.1 Å². The molecule has 0 unspecified atom stereocenters. The lowest BCUT2D eigenvalue weighted by atomic mass is 10.1. The van der Waals surface area contributed by atoms with E-state index in [1.807, 2.05) is 18.2 Å². The highest BCUT2D eigenvalue weighted by atomic mass is 32.2. The quantitative estimate of drug-likeness (QED) is 0.677. The van der Waals surface area contributed by atoms with Crippen molar-refractivity contribution in [2.24, 2.45) is 0 Å². The third kappa shape index (κ3) is 4.52. The first-order valence-corrected chi connectivity index (χ1v) is 10.9. The second kappa shape index (κ2) is 8.29. The van der Waals surface area contributed by atoms with E-state index < -0.39 is 21.7 Å². The molecule has 2 aromatic carbocycles. The first kappa shape index (κ1) is 20.1. The van der Waals surface area contributed by atoms with Gasteiger partial charge in [0.25, 0.3) is 5.91 Å². The molecule has 4 rings (SSSR count). The summed E-state index contributed by atoms with van der Waals surface area (Å²) in [5, 5.41) is 2.59. The zero-order valence-electron chi connectivity index (χ0n) is 16.0. The molecule has 0 radical (unpaired) electrons. The summed E-state index contributed by atoms with van der Waals surface area (Å²) in [5.74, 6) is -0.805. The number of hydrogen-bond acceptors (Lipinski definition) is 5. The lowest BCUT2D eigenvalue weighted by molar-refractivity contribution is 0.102. The lowest BCUT2D eigenvalue weighted by Crippen LogP contribution is -2.37. The maximum absolute atomic E-state index is 13.0. The highest BCUT2D eigenvalue weighted by Crippen LogP contribution is 2.22. The van der Waals surface area contributed by atoms with Crippen LogP contribution < -0.4 is 5.32 Å². The maximum atomic E-state index is 13.0. The number of amides is 1. The van der Waals surface area contributed by atoms with E-state index in [4.69, 9.17) is 0 Å². The number of carbonyl (C=O) groups excluding carboxylic acids is 1. The fourth-order valence-electron chi connectivity index (χ4n) is 3.24. The molecule has 154 valence electrons. The van der Waals surface area contributed by atoms with Crippen LogP contribution in [-0.4, -0.2) is 35.1 Å². The van der Waals surface area contributed by atoms with Gasteiger partial charge in [0.05, 0.1) is 11.4 Å². The van der Waals surface area contributed by atoms with Crippen molar-refractivity contribution in [3.63, 3.8) is 0 Å². The van der Waals surface area contributed by atoms with Gasteiger partial charge in [0.1, 0.15) is 5.82 Å². The minimum absolute atomic E-state index is 0.0597. The fourth-order valence-corrected chi connectivity index (χ4v) is 4.74. The van der Waals surface area contributed by atoms with E-state index in [9.17, 15) is 17.6 Å². The van der Waals surface area contributed by atoms with Crippen LogP contribution in [0.2, 0.25) is 0 Å². The number of carbonyl (C=O) groups is 1. The van der Waals surface area contributed by atoms with Gasteiger partial charge in [0.2, 0.25) is 16.0 Å². The molecule has 3 aromatic rings. The van der Waals surface area contributed by atoms with Crippen molar-refractivity contribution < 1.29 is 17.6 Å². The van der Waals surface area contributed by atoms with Crippen LogP contribution in [0.5, 0.6) is 0 Å². The van der Waals surface area contributed by atoms with Gasteiger partial charge in [-0.25, -0.2) is 22.8 Å². The van der Waals surface area contributed by atoms with Gasteiger partial charge < -0.3 is 0 Å². The molecule has 2 heterocycles. The molecule has 1 aliphatic heterocycles. The Morgan fingerprint density at radius 3 is 2.57 bits per heavy atom. The number of halogens is 1. The number of aromatic nitrogens is 2. The largest absolute Gasteiger partial charge is 0.290 e. The van der Waals surface area contributed by atoms with Crippen molar-refractivity contribution in [3.8, 4) is 0 Å². The van der Waals surface area contributed by atoms with Gasteiger partial charge in [0, 0.05) is 36.8 Å². The number of hydrogen-bond donors (Lipinski definition) is 1. The third-order valence-corrected chi connectivity index (χ3v) is 6.61. The molecule has 0 bridgehead atoms. The average molecular weight is 426 g/mol. The van der Waals surface area contributed by atoms with Gasteiger partial charge in [-0.15, -0.1) is 0 Å². The molecule has 1 aliphatic rings. The Labute approximate surface area is 173 Å². The highest BCUT2D eigenvalue weighted by Gasteiger charge is 2.28. The zero-order valence-corrected chi connectivity index (χ0v) is 16.8. The zero-order chi connectivity index (χ0) is 21.1. The molecule has 1 aromatic heterocycles. The van der Waals surface area contributed by atoms with Gasteiger partial charge in [0.15, 0.2) is 0 Å². The summed E-state index contributed by atoms with van der Waals surface area (Å²) in [4.78, 5) is 20.7. The van der Waals surface area contributed by atoms with Crippen LogP contribution in [0.25, 0.3) is 0 Å². The minimum atomic E-state index is -3.47. The average Bonchev–Trinajstić information content (AvgIpc) is 2.74. The summed E-state index contributed by atoms with van der Waals surface area (Å²) in [7, 11) is -3.47. The van der Waals surface area contributed by atoms with E-state index in [1.165, 1.54) is 34.8 Å². The molecule has 0 spiro atoms. The lowest BCUT2D eigenvalue weighted by Gasteiger charge is -2.27. The molecular weight excluding hydrogens is 407 g/mol. The van der Waals surface area contributed by atoms with Gasteiger partial charge >= 0.3 is 0 Å². The second-order valence-electron chi connectivity index (χ2n) is 6.95. The van der Waals surface area contributed by atoms with Crippen LogP contribution in [0.1, 0.15) is 27.2 Å². The molecule has 0 fully saturated rings. The summed E-state index contributed by atoms with van der Waals surface area (Å²) in [6.45, 7) is 0.501.